The number of likely N-dealkylation sites (tertiary alicyclic amines) is 1. The average molecular weight is 335 g/mol. The van der Waals surface area contributed by atoms with Gasteiger partial charge in [0, 0.05) is 12.6 Å². The van der Waals surface area contributed by atoms with Crippen molar-refractivity contribution in [3.8, 4) is 11.5 Å². The predicted molar refractivity (Wildman–Crippen MR) is 94.6 cm³/mol. The first kappa shape index (κ1) is 18.5. The smallest absolute Gasteiger partial charge is 0.234 e. The van der Waals surface area contributed by atoms with Gasteiger partial charge in [-0.1, -0.05) is 0 Å². The van der Waals surface area contributed by atoms with Gasteiger partial charge in [-0.3, -0.25) is 9.69 Å². The largest absolute Gasteiger partial charge is 0.494 e. The SMILES string of the molecule is CCOc1ccc(OCCNC(=O)CN2CCCC(NC)C2)cc1. The van der Waals surface area contributed by atoms with E-state index in [-0.39, 0.29) is 5.91 Å². The van der Waals surface area contributed by atoms with Crippen molar-refractivity contribution in [3.63, 3.8) is 0 Å². The van der Waals surface area contributed by atoms with E-state index in [4.69, 9.17) is 9.47 Å². The first-order valence-electron chi connectivity index (χ1n) is 8.73. The van der Waals surface area contributed by atoms with Crippen LogP contribution in [0, 0.1) is 0 Å². The Morgan fingerprint density at radius 3 is 2.62 bits per heavy atom. The van der Waals surface area contributed by atoms with Crippen LogP contribution in [-0.2, 0) is 4.79 Å². The van der Waals surface area contributed by atoms with Crippen LogP contribution < -0.4 is 20.1 Å². The van der Waals surface area contributed by atoms with Crippen molar-refractivity contribution in [1.29, 1.82) is 0 Å². The van der Waals surface area contributed by atoms with Gasteiger partial charge in [0.1, 0.15) is 18.1 Å². The second kappa shape index (κ2) is 10.2. The van der Waals surface area contributed by atoms with Crippen LogP contribution in [0.15, 0.2) is 24.3 Å². The zero-order valence-corrected chi connectivity index (χ0v) is 14.7. The summed E-state index contributed by atoms with van der Waals surface area (Å²) in [5, 5.41) is 6.20. The number of ether oxygens (including phenoxy) is 2. The molecule has 0 spiro atoms. The van der Waals surface area contributed by atoms with E-state index in [9.17, 15) is 4.79 Å². The maximum absolute atomic E-state index is 12.0. The Kier molecular flexibility index (Phi) is 7.85. The lowest BCUT2D eigenvalue weighted by Gasteiger charge is -2.31. The molecule has 0 aliphatic carbocycles. The Bertz CT molecular complexity index is 493. The van der Waals surface area contributed by atoms with Crippen molar-refractivity contribution >= 4 is 5.91 Å². The molecule has 2 rings (SSSR count). The van der Waals surface area contributed by atoms with E-state index in [0.717, 1.165) is 31.0 Å². The molecule has 0 aromatic heterocycles. The average Bonchev–Trinajstić information content (AvgIpc) is 2.60. The van der Waals surface area contributed by atoms with Crippen molar-refractivity contribution < 1.29 is 14.3 Å². The highest BCUT2D eigenvalue weighted by Crippen LogP contribution is 2.17. The van der Waals surface area contributed by atoms with Gasteiger partial charge in [0.05, 0.1) is 19.7 Å². The van der Waals surface area contributed by atoms with Crippen LogP contribution >= 0.6 is 0 Å². The van der Waals surface area contributed by atoms with E-state index < -0.39 is 0 Å². The molecule has 6 nitrogen and oxygen atoms in total. The molecule has 1 unspecified atom stereocenters. The van der Waals surface area contributed by atoms with E-state index in [1.807, 2.05) is 38.2 Å². The van der Waals surface area contributed by atoms with Gasteiger partial charge in [-0.25, -0.2) is 0 Å². The van der Waals surface area contributed by atoms with Crippen molar-refractivity contribution in [2.45, 2.75) is 25.8 Å². The van der Waals surface area contributed by atoms with Crippen LogP contribution in [0.2, 0.25) is 0 Å². The molecule has 1 fully saturated rings. The zero-order chi connectivity index (χ0) is 17.2. The number of carbonyl (C=O) groups is 1. The summed E-state index contributed by atoms with van der Waals surface area (Å²) >= 11 is 0. The Labute approximate surface area is 144 Å². The van der Waals surface area contributed by atoms with Crippen LogP contribution in [0.25, 0.3) is 0 Å². The molecule has 24 heavy (non-hydrogen) atoms. The fraction of sp³-hybridized carbons (Fsp3) is 0.611. The quantitative estimate of drug-likeness (QED) is 0.666. The van der Waals surface area contributed by atoms with Crippen LogP contribution in [0.4, 0.5) is 0 Å². The Balaban J connectivity index is 1.60. The van der Waals surface area contributed by atoms with E-state index in [1.165, 1.54) is 6.42 Å². The van der Waals surface area contributed by atoms with Gasteiger partial charge in [-0.05, 0) is 57.6 Å². The van der Waals surface area contributed by atoms with E-state index in [1.54, 1.807) is 0 Å². The Morgan fingerprint density at radius 2 is 1.96 bits per heavy atom. The summed E-state index contributed by atoms with van der Waals surface area (Å²) < 4.78 is 11.0. The molecule has 1 atom stereocenters. The van der Waals surface area contributed by atoms with Gasteiger partial charge < -0.3 is 20.1 Å². The highest BCUT2D eigenvalue weighted by molar-refractivity contribution is 5.78. The Hall–Kier alpha value is -1.79. The van der Waals surface area contributed by atoms with Gasteiger partial charge in [-0.15, -0.1) is 0 Å². The number of nitrogens with one attached hydrogen (secondary N) is 2. The number of nitrogens with zero attached hydrogens (tertiary/aromatic N) is 1. The molecule has 1 aliphatic heterocycles. The van der Waals surface area contributed by atoms with Gasteiger partial charge >= 0.3 is 0 Å². The lowest BCUT2D eigenvalue weighted by Crippen LogP contribution is -2.48. The van der Waals surface area contributed by atoms with Gasteiger partial charge in [-0.2, -0.15) is 0 Å². The third-order valence-electron chi connectivity index (χ3n) is 4.11. The predicted octanol–water partition coefficient (Wildman–Crippen LogP) is 1.26. The lowest BCUT2D eigenvalue weighted by atomic mass is 10.1. The summed E-state index contributed by atoms with van der Waals surface area (Å²) in [7, 11) is 1.98. The number of amides is 1. The molecule has 1 saturated heterocycles. The van der Waals surface area contributed by atoms with E-state index >= 15 is 0 Å². The topological polar surface area (TPSA) is 62.8 Å². The number of piperidine rings is 1. The molecule has 1 aromatic carbocycles. The van der Waals surface area contributed by atoms with Gasteiger partial charge in [0.25, 0.3) is 0 Å². The van der Waals surface area contributed by atoms with Crippen molar-refractivity contribution in [2.75, 3.05) is 46.4 Å². The number of likely N-dealkylation sites (N-methyl/N-ethyl adjacent to an activating group) is 1. The van der Waals surface area contributed by atoms with Crippen LogP contribution in [0.1, 0.15) is 19.8 Å². The molecular weight excluding hydrogens is 306 g/mol. The maximum Gasteiger partial charge on any atom is 0.234 e. The highest BCUT2D eigenvalue weighted by atomic mass is 16.5. The minimum atomic E-state index is 0.0575. The third-order valence-corrected chi connectivity index (χ3v) is 4.11. The standard InChI is InChI=1S/C18H29N3O3/c1-3-23-16-6-8-17(9-7-16)24-12-10-20-18(22)14-21-11-4-5-15(13-21)19-2/h6-9,15,19H,3-5,10-14H2,1-2H3,(H,20,22). The molecule has 0 saturated carbocycles. The zero-order valence-electron chi connectivity index (χ0n) is 14.7. The van der Waals surface area contributed by atoms with Crippen molar-refractivity contribution in [2.24, 2.45) is 0 Å². The molecule has 2 N–H and O–H groups in total. The molecule has 134 valence electrons. The monoisotopic (exact) mass is 335 g/mol. The molecule has 1 heterocycles. The molecular formula is C18H29N3O3. The van der Waals surface area contributed by atoms with Crippen LogP contribution in [-0.4, -0.2) is 63.3 Å². The lowest BCUT2D eigenvalue weighted by molar-refractivity contribution is -0.122. The fourth-order valence-electron chi connectivity index (χ4n) is 2.85. The minimum absolute atomic E-state index is 0.0575. The summed E-state index contributed by atoms with van der Waals surface area (Å²) in [6.45, 7) is 5.96. The first-order valence-corrected chi connectivity index (χ1v) is 8.73. The van der Waals surface area contributed by atoms with E-state index in [2.05, 4.69) is 15.5 Å². The van der Waals surface area contributed by atoms with Gasteiger partial charge in [0.2, 0.25) is 5.91 Å². The van der Waals surface area contributed by atoms with Crippen LogP contribution in [0.5, 0.6) is 11.5 Å². The first-order chi connectivity index (χ1) is 11.7. The van der Waals surface area contributed by atoms with Gasteiger partial charge in [0.15, 0.2) is 0 Å². The molecule has 1 amide bonds. The summed E-state index contributed by atoms with van der Waals surface area (Å²) in [5.74, 6) is 1.67. The molecule has 6 heteroatoms. The second-order valence-corrected chi connectivity index (χ2v) is 5.97. The third kappa shape index (κ3) is 6.37. The maximum atomic E-state index is 12.0. The molecule has 1 aromatic rings. The summed E-state index contributed by atoms with van der Waals surface area (Å²) in [6, 6.07) is 8.00. The molecule has 0 bridgehead atoms. The molecule has 0 radical (unpaired) electrons. The van der Waals surface area contributed by atoms with Crippen molar-refractivity contribution in [3.05, 3.63) is 24.3 Å². The highest BCUT2D eigenvalue weighted by Gasteiger charge is 2.19. The molecule has 1 aliphatic rings. The summed E-state index contributed by atoms with van der Waals surface area (Å²) in [6.07, 6.45) is 2.32. The van der Waals surface area contributed by atoms with Crippen LogP contribution in [0.3, 0.4) is 0 Å². The van der Waals surface area contributed by atoms with E-state index in [0.29, 0.717) is 32.3 Å². The number of carbonyl (C=O) groups excluding carboxylic acids is 1. The number of hydrogen-bond acceptors (Lipinski definition) is 5. The second-order valence-electron chi connectivity index (χ2n) is 5.97. The minimum Gasteiger partial charge on any atom is -0.494 e. The Morgan fingerprint density at radius 1 is 1.25 bits per heavy atom. The number of rotatable bonds is 9. The summed E-state index contributed by atoms with van der Waals surface area (Å²) in [5.41, 5.74) is 0. The van der Waals surface area contributed by atoms with Crippen molar-refractivity contribution in [1.82, 2.24) is 15.5 Å². The fourth-order valence-corrected chi connectivity index (χ4v) is 2.85. The number of hydrogen-bond donors (Lipinski definition) is 2. The normalized spacial score (nSPS) is 18.2. The number of benzene rings is 1. The summed E-state index contributed by atoms with van der Waals surface area (Å²) in [4.78, 5) is 14.2.